The summed E-state index contributed by atoms with van der Waals surface area (Å²) in [5.41, 5.74) is 0.0650. The summed E-state index contributed by atoms with van der Waals surface area (Å²) in [6.07, 6.45) is 3.70. The minimum Gasteiger partial charge on any atom is -0.381 e. The zero-order chi connectivity index (χ0) is 18.7. The first kappa shape index (κ1) is 19.4. The zero-order valence-electron chi connectivity index (χ0n) is 16.6. The second-order valence-corrected chi connectivity index (χ2v) is 8.60. The van der Waals surface area contributed by atoms with E-state index in [0.717, 1.165) is 45.2 Å². The average molecular weight is 367 g/mol. The van der Waals surface area contributed by atoms with Crippen LogP contribution in [0.2, 0.25) is 0 Å². The van der Waals surface area contributed by atoms with Gasteiger partial charge in [0.05, 0.1) is 12.7 Å². The Hall–Kier alpha value is -1.34. The zero-order valence-corrected chi connectivity index (χ0v) is 16.6. The van der Waals surface area contributed by atoms with Crippen LogP contribution in [0.4, 0.5) is 0 Å². The summed E-state index contributed by atoms with van der Waals surface area (Å²) in [4.78, 5) is 18.1. The number of fused-ring (bicyclic) bond motifs is 1. The summed E-state index contributed by atoms with van der Waals surface area (Å²) >= 11 is 0. The fraction of sp³-hybridized carbons (Fsp3) is 0.895. The number of carbonyl (C=O) groups excluding carboxylic acids is 1. The summed E-state index contributed by atoms with van der Waals surface area (Å²) in [6, 6.07) is 0.313. The molecule has 1 amide bonds. The summed E-state index contributed by atoms with van der Waals surface area (Å²) in [5, 5.41) is 7.04. The van der Waals surface area contributed by atoms with E-state index < -0.39 is 0 Å². The van der Waals surface area contributed by atoms with Crippen LogP contribution < -0.4 is 10.6 Å². The summed E-state index contributed by atoms with van der Waals surface area (Å²) < 4.78 is 11.5. The Morgan fingerprint density at radius 1 is 1.27 bits per heavy atom. The first-order valence-corrected chi connectivity index (χ1v) is 9.84. The van der Waals surface area contributed by atoms with E-state index in [4.69, 9.17) is 9.47 Å². The Labute approximate surface area is 156 Å². The minimum atomic E-state index is 0.00189. The van der Waals surface area contributed by atoms with Crippen molar-refractivity contribution in [3.8, 4) is 0 Å². The average Bonchev–Trinajstić information content (AvgIpc) is 3.14. The van der Waals surface area contributed by atoms with Crippen LogP contribution in [0.15, 0.2) is 4.99 Å². The molecule has 0 spiro atoms. The van der Waals surface area contributed by atoms with Gasteiger partial charge in [-0.05, 0) is 19.3 Å². The third-order valence-corrected chi connectivity index (χ3v) is 6.08. The van der Waals surface area contributed by atoms with Crippen LogP contribution in [0.1, 0.15) is 33.1 Å². The predicted octanol–water partition coefficient (Wildman–Crippen LogP) is 0.850. The van der Waals surface area contributed by atoms with E-state index in [9.17, 15) is 4.79 Å². The van der Waals surface area contributed by atoms with E-state index in [0.29, 0.717) is 24.0 Å². The van der Waals surface area contributed by atoms with Crippen molar-refractivity contribution in [2.75, 3.05) is 47.0 Å². The highest BCUT2D eigenvalue weighted by molar-refractivity contribution is 5.85. The molecule has 7 nitrogen and oxygen atoms in total. The van der Waals surface area contributed by atoms with Gasteiger partial charge in [-0.1, -0.05) is 13.8 Å². The fourth-order valence-corrected chi connectivity index (χ4v) is 4.39. The van der Waals surface area contributed by atoms with E-state index in [1.807, 2.05) is 0 Å². The summed E-state index contributed by atoms with van der Waals surface area (Å²) in [7, 11) is 3.51. The van der Waals surface area contributed by atoms with Crippen molar-refractivity contribution in [2.24, 2.45) is 22.2 Å². The molecule has 2 saturated heterocycles. The van der Waals surface area contributed by atoms with Gasteiger partial charge in [-0.25, -0.2) is 4.99 Å². The molecule has 3 fully saturated rings. The maximum Gasteiger partial charge on any atom is 0.243 e. The molecule has 0 aromatic rings. The van der Waals surface area contributed by atoms with Gasteiger partial charge in [-0.2, -0.15) is 0 Å². The number of ether oxygens (including phenoxy) is 2. The van der Waals surface area contributed by atoms with Crippen LogP contribution >= 0.6 is 0 Å². The Kier molecular flexibility index (Phi) is 6.07. The molecule has 3 rings (SSSR count). The molecule has 7 heteroatoms. The van der Waals surface area contributed by atoms with Crippen molar-refractivity contribution in [2.45, 2.75) is 45.3 Å². The molecule has 1 saturated carbocycles. The van der Waals surface area contributed by atoms with Crippen molar-refractivity contribution in [1.29, 1.82) is 0 Å². The SMILES string of the molecule is CN(C)C(=O)CN=C(NCC1CCOC1)NC1C2CCCOC2C1(C)C. The largest absolute Gasteiger partial charge is 0.381 e. The quantitative estimate of drug-likeness (QED) is 0.557. The van der Waals surface area contributed by atoms with Crippen LogP contribution in [0.25, 0.3) is 0 Å². The summed E-state index contributed by atoms with van der Waals surface area (Å²) in [6.45, 7) is 7.98. The van der Waals surface area contributed by atoms with Crippen molar-refractivity contribution < 1.29 is 14.3 Å². The van der Waals surface area contributed by atoms with E-state index in [1.54, 1.807) is 19.0 Å². The smallest absolute Gasteiger partial charge is 0.243 e. The molecule has 0 bridgehead atoms. The molecule has 3 aliphatic rings. The van der Waals surface area contributed by atoms with Gasteiger partial charge in [0.1, 0.15) is 6.54 Å². The number of guanidine groups is 1. The Bertz CT molecular complexity index is 529. The van der Waals surface area contributed by atoms with E-state index in [2.05, 4.69) is 29.5 Å². The molecule has 2 N–H and O–H groups in total. The lowest BCUT2D eigenvalue weighted by Gasteiger charge is -2.60. The molecule has 148 valence electrons. The molecule has 0 aromatic heterocycles. The van der Waals surface area contributed by atoms with Gasteiger partial charge in [-0.3, -0.25) is 4.79 Å². The van der Waals surface area contributed by atoms with Gasteiger partial charge in [-0.15, -0.1) is 0 Å². The third-order valence-electron chi connectivity index (χ3n) is 6.08. The highest BCUT2D eigenvalue weighted by Crippen LogP contribution is 2.51. The number of amides is 1. The van der Waals surface area contributed by atoms with Crippen molar-refractivity contribution in [3.63, 3.8) is 0 Å². The van der Waals surface area contributed by atoms with Gasteiger partial charge in [0.2, 0.25) is 5.91 Å². The standard InChI is InChI=1S/C19H34N4O3/c1-19(2)16(14-6-5-8-26-17(14)19)22-18(21-11-15(24)23(3)4)20-10-13-7-9-25-12-13/h13-14,16-17H,5-12H2,1-4H3,(H2,20,21,22). The van der Waals surface area contributed by atoms with Gasteiger partial charge >= 0.3 is 0 Å². The van der Waals surface area contributed by atoms with Crippen molar-refractivity contribution in [1.82, 2.24) is 15.5 Å². The van der Waals surface area contributed by atoms with Crippen molar-refractivity contribution in [3.05, 3.63) is 0 Å². The number of nitrogens with zero attached hydrogens (tertiary/aromatic N) is 2. The molecular formula is C19H34N4O3. The first-order valence-electron chi connectivity index (χ1n) is 9.84. The molecule has 4 unspecified atom stereocenters. The lowest BCUT2D eigenvalue weighted by atomic mass is 9.55. The van der Waals surface area contributed by atoms with Gasteiger partial charge in [0.25, 0.3) is 0 Å². The van der Waals surface area contributed by atoms with Gasteiger partial charge in [0.15, 0.2) is 5.96 Å². The number of aliphatic imine (C=N–C) groups is 1. The van der Waals surface area contributed by atoms with E-state index >= 15 is 0 Å². The number of rotatable bonds is 5. The maximum atomic E-state index is 12.0. The molecule has 1 aliphatic carbocycles. The molecule has 2 heterocycles. The Balaban J connectivity index is 1.63. The minimum absolute atomic E-state index is 0.00189. The Morgan fingerprint density at radius 2 is 2.08 bits per heavy atom. The highest BCUT2D eigenvalue weighted by Gasteiger charge is 2.58. The van der Waals surface area contributed by atoms with Crippen LogP contribution in [0.5, 0.6) is 0 Å². The number of hydrogen-bond donors (Lipinski definition) is 2. The molecule has 0 radical (unpaired) electrons. The molecule has 26 heavy (non-hydrogen) atoms. The summed E-state index contributed by atoms with van der Waals surface area (Å²) in [5.74, 6) is 1.76. The van der Waals surface area contributed by atoms with Crippen LogP contribution in [0.3, 0.4) is 0 Å². The lowest BCUT2D eigenvalue weighted by molar-refractivity contribution is -0.188. The topological polar surface area (TPSA) is 75.2 Å². The fourth-order valence-electron chi connectivity index (χ4n) is 4.39. The van der Waals surface area contributed by atoms with E-state index in [1.165, 1.54) is 6.42 Å². The number of likely N-dealkylation sites (N-methyl/N-ethyl adjacent to an activating group) is 1. The predicted molar refractivity (Wildman–Crippen MR) is 101 cm³/mol. The molecule has 0 aromatic carbocycles. The maximum absolute atomic E-state index is 12.0. The lowest BCUT2D eigenvalue weighted by Crippen LogP contribution is -2.71. The molecule has 4 atom stereocenters. The number of carbonyl (C=O) groups is 1. The highest BCUT2D eigenvalue weighted by atomic mass is 16.5. The first-order chi connectivity index (χ1) is 12.4. The number of nitrogens with one attached hydrogen (secondary N) is 2. The molecular weight excluding hydrogens is 332 g/mol. The molecule has 2 aliphatic heterocycles. The van der Waals surface area contributed by atoms with E-state index in [-0.39, 0.29) is 17.9 Å². The normalized spacial score (nSPS) is 33.2. The van der Waals surface area contributed by atoms with Crippen LogP contribution in [0, 0.1) is 17.3 Å². The van der Waals surface area contributed by atoms with Crippen LogP contribution in [-0.2, 0) is 14.3 Å². The van der Waals surface area contributed by atoms with Gasteiger partial charge in [0, 0.05) is 57.1 Å². The monoisotopic (exact) mass is 366 g/mol. The second kappa shape index (κ2) is 8.13. The van der Waals surface area contributed by atoms with Crippen LogP contribution in [-0.4, -0.2) is 75.9 Å². The Morgan fingerprint density at radius 3 is 2.77 bits per heavy atom. The van der Waals surface area contributed by atoms with Gasteiger partial charge < -0.3 is 25.0 Å². The third kappa shape index (κ3) is 4.14. The second-order valence-electron chi connectivity index (χ2n) is 8.60. The van der Waals surface area contributed by atoms with Crippen molar-refractivity contribution >= 4 is 11.9 Å². The number of hydrogen-bond acceptors (Lipinski definition) is 4.